The number of hydrogen-bond acceptors (Lipinski definition) is 6. The maximum atomic E-state index is 11.3. The van der Waals surface area contributed by atoms with Crippen molar-refractivity contribution in [1.29, 1.82) is 0 Å². The van der Waals surface area contributed by atoms with Crippen molar-refractivity contribution in [3.8, 4) is 0 Å². The van der Waals surface area contributed by atoms with Crippen molar-refractivity contribution < 1.29 is 24.4 Å². The van der Waals surface area contributed by atoms with Gasteiger partial charge in [-0.2, -0.15) is 0 Å². The molecule has 0 bridgehead atoms. The zero-order valence-electron chi connectivity index (χ0n) is 21.5. The van der Waals surface area contributed by atoms with Gasteiger partial charge >= 0.3 is 0 Å². The van der Waals surface area contributed by atoms with Crippen molar-refractivity contribution >= 4 is 0 Å². The molecule has 2 N–H and O–H groups in total. The number of aliphatic hydroxyl groups is 2. The summed E-state index contributed by atoms with van der Waals surface area (Å²) < 4.78 is 16.7. The fraction of sp³-hybridized carbons (Fsp3) is 0.929. The van der Waals surface area contributed by atoms with Crippen LogP contribution in [0, 0.1) is 23.2 Å². The van der Waals surface area contributed by atoms with Crippen molar-refractivity contribution in [1.82, 2.24) is 4.90 Å². The lowest BCUT2D eigenvalue weighted by atomic mass is 9.48. The molecule has 2 heterocycles. The SMILES string of the molecule is C.CC1CC2C3C(O)C=C4CC5(CCC4(C)C3CCC2(C)N1CCO)OCCO5.CCCOC. The number of fused-ring (bicyclic) bond motifs is 5. The van der Waals surface area contributed by atoms with E-state index in [2.05, 4.69) is 38.7 Å². The van der Waals surface area contributed by atoms with Crippen molar-refractivity contribution in [2.24, 2.45) is 23.2 Å². The Morgan fingerprint density at radius 3 is 2.44 bits per heavy atom. The van der Waals surface area contributed by atoms with Gasteiger partial charge < -0.3 is 24.4 Å². The smallest absolute Gasteiger partial charge is 0.172 e. The number of rotatable bonds is 4. The molecule has 5 aliphatic rings. The molecule has 0 aromatic rings. The molecule has 6 nitrogen and oxygen atoms in total. The Bertz CT molecular complexity index is 705. The number of methoxy groups -OCH3 is 1. The molecule has 4 fully saturated rings. The summed E-state index contributed by atoms with van der Waals surface area (Å²) in [7, 11) is 1.71. The van der Waals surface area contributed by atoms with E-state index in [4.69, 9.17) is 14.2 Å². The predicted octanol–water partition coefficient (Wildman–Crippen LogP) is 4.39. The zero-order chi connectivity index (χ0) is 23.9. The second-order valence-corrected chi connectivity index (χ2v) is 11.6. The lowest BCUT2D eigenvalue weighted by molar-refractivity contribution is -0.188. The number of β-amino-alcohol motifs (C(OH)–C–C–N with tert-alkyl or cyclic N) is 1. The molecule has 1 spiro atoms. The van der Waals surface area contributed by atoms with Gasteiger partial charge in [0.05, 0.1) is 25.9 Å². The second-order valence-electron chi connectivity index (χ2n) is 11.6. The molecule has 5 rings (SSSR count). The Balaban J connectivity index is 0.000000492. The quantitative estimate of drug-likeness (QED) is 0.581. The highest BCUT2D eigenvalue weighted by Gasteiger charge is 2.62. The third kappa shape index (κ3) is 4.64. The number of nitrogens with zero attached hydrogens (tertiary/aromatic N) is 1. The van der Waals surface area contributed by atoms with Crippen LogP contribution >= 0.6 is 0 Å². The van der Waals surface area contributed by atoms with E-state index in [-0.39, 0.29) is 31.1 Å². The van der Waals surface area contributed by atoms with Gasteiger partial charge in [0.1, 0.15) is 0 Å². The lowest BCUT2D eigenvalue weighted by Gasteiger charge is -2.60. The first-order chi connectivity index (χ1) is 15.7. The summed E-state index contributed by atoms with van der Waals surface area (Å²) in [4.78, 5) is 2.53. The first-order valence-corrected chi connectivity index (χ1v) is 13.3. The van der Waals surface area contributed by atoms with Crippen LogP contribution in [0.4, 0.5) is 0 Å². The van der Waals surface area contributed by atoms with E-state index in [1.165, 1.54) is 5.57 Å². The maximum absolute atomic E-state index is 11.3. The summed E-state index contributed by atoms with van der Waals surface area (Å²) in [5.41, 5.74) is 1.62. The van der Waals surface area contributed by atoms with Gasteiger partial charge in [-0.1, -0.05) is 32.9 Å². The van der Waals surface area contributed by atoms with Crippen LogP contribution in [0.25, 0.3) is 0 Å². The highest BCUT2D eigenvalue weighted by molar-refractivity contribution is 5.29. The molecule has 198 valence electrons. The summed E-state index contributed by atoms with van der Waals surface area (Å²) >= 11 is 0. The standard InChI is InChI=1S/C23H37NO4.C4H10O.CH4/c1-15-12-18-20-17(4-5-22(18,3)24(15)8-9-25)21(2)6-7-23(27-10-11-28-23)14-16(21)13-19(20)26;1-3-4-5-2;/h13,15,17-20,25-26H,4-12,14H2,1-3H3;3-4H2,1-2H3;1H4. The molecule has 6 heteroatoms. The predicted molar refractivity (Wildman–Crippen MR) is 136 cm³/mol. The molecular formula is C28H51NO5. The average Bonchev–Trinajstić information content (AvgIpc) is 3.34. The van der Waals surface area contributed by atoms with Gasteiger partial charge in [-0.25, -0.2) is 0 Å². The van der Waals surface area contributed by atoms with E-state index >= 15 is 0 Å². The van der Waals surface area contributed by atoms with Gasteiger partial charge in [0.2, 0.25) is 0 Å². The van der Waals surface area contributed by atoms with Crippen LogP contribution in [0.15, 0.2) is 11.6 Å². The molecular weight excluding hydrogens is 430 g/mol. The van der Waals surface area contributed by atoms with Gasteiger partial charge in [0, 0.05) is 44.7 Å². The summed E-state index contributed by atoms with van der Waals surface area (Å²) in [6.07, 6.45) is 9.25. The van der Waals surface area contributed by atoms with Crippen LogP contribution < -0.4 is 0 Å². The maximum Gasteiger partial charge on any atom is 0.172 e. The van der Waals surface area contributed by atoms with Crippen LogP contribution in [-0.4, -0.2) is 78.7 Å². The molecule has 0 aromatic heterocycles. The lowest BCUT2D eigenvalue weighted by Crippen LogP contribution is -2.60. The first-order valence-electron chi connectivity index (χ1n) is 13.3. The molecule has 34 heavy (non-hydrogen) atoms. The van der Waals surface area contributed by atoms with Crippen LogP contribution in [-0.2, 0) is 14.2 Å². The normalized spacial score (nSPS) is 42.6. The molecule has 2 saturated carbocycles. The summed E-state index contributed by atoms with van der Waals surface area (Å²) in [5.74, 6) is 0.909. The van der Waals surface area contributed by atoms with Gasteiger partial charge in [0.15, 0.2) is 5.79 Å². The van der Waals surface area contributed by atoms with Crippen LogP contribution in [0.2, 0.25) is 0 Å². The summed E-state index contributed by atoms with van der Waals surface area (Å²) in [6, 6.07) is 0.473. The largest absolute Gasteiger partial charge is 0.395 e. The second kappa shape index (κ2) is 10.9. The molecule has 7 unspecified atom stereocenters. The van der Waals surface area contributed by atoms with E-state index in [1.807, 2.05) is 0 Å². The topological polar surface area (TPSA) is 71.4 Å². The molecule has 0 amide bonds. The Morgan fingerprint density at radius 2 is 1.85 bits per heavy atom. The minimum Gasteiger partial charge on any atom is -0.395 e. The number of aliphatic hydroxyl groups excluding tert-OH is 2. The van der Waals surface area contributed by atoms with Gasteiger partial charge in [0.25, 0.3) is 0 Å². The Kier molecular flexibility index (Phi) is 8.97. The molecule has 0 aromatic carbocycles. The fourth-order valence-corrected chi connectivity index (χ4v) is 8.22. The number of likely N-dealkylation sites (tertiary alicyclic amines) is 1. The van der Waals surface area contributed by atoms with Crippen LogP contribution in [0.3, 0.4) is 0 Å². The zero-order valence-corrected chi connectivity index (χ0v) is 21.5. The molecule has 2 aliphatic heterocycles. The number of ether oxygens (including phenoxy) is 3. The Labute approximate surface area is 208 Å². The highest BCUT2D eigenvalue weighted by Crippen LogP contribution is 2.64. The van der Waals surface area contributed by atoms with Crippen LogP contribution in [0.1, 0.15) is 80.1 Å². The van der Waals surface area contributed by atoms with E-state index < -0.39 is 5.79 Å². The van der Waals surface area contributed by atoms with Gasteiger partial charge in [-0.15, -0.1) is 0 Å². The van der Waals surface area contributed by atoms with E-state index in [0.717, 1.165) is 58.1 Å². The summed E-state index contributed by atoms with van der Waals surface area (Å²) in [6.45, 7) is 12.4. The van der Waals surface area contributed by atoms with Crippen molar-refractivity contribution in [2.75, 3.05) is 40.1 Å². The minimum absolute atomic E-state index is 0. The van der Waals surface area contributed by atoms with Gasteiger partial charge in [-0.05, 0) is 69.1 Å². The molecule has 7 atom stereocenters. The summed E-state index contributed by atoms with van der Waals surface area (Å²) in [5, 5.41) is 20.9. The Morgan fingerprint density at radius 1 is 1.15 bits per heavy atom. The minimum atomic E-state index is -0.430. The monoisotopic (exact) mass is 481 g/mol. The highest BCUT2D eigenvalue weighted by atomic mass is 16.7. The fourth-order valence-electron chi connectivity index (χ4n) is 8.22. The third-order valence-corrected chi connectivity index (χ3v) is 9.84. The van der Waals surface area contributed by atoms with Crippen molar-refractivity contribution in [3.63, 3.8) is 0 Å². The van der Waals surface area contributed by atoms with Crippen molar-refractivity contribution in [3.05, 3.63) is 11.6 Å². The Hall–Kier alpha value is -0.500. The molecule has 2 saturated heterocycles. The third-order valence-electron chi connectivity index (χ3n) is 9.84. The van der Waals surface area contributed by atoms with E-state index in [0.29, 0.717) is 37.0 Å². The van der Waals surface area contributed by atoms with E-state index in [9.17, 15) is 10.2 Å². The van der Waals surface area contributed by atoms with Crippen molar-refractivity contribution in [2.45, 2.75) is 104 Å². The average molecular weight is 482 g/mol. The van der Waals surface area contributed by atoms with Gasteiger partial charge in [-0.3, -0.25) is 4.90 Å². The molecule has 3 aliphatic carbocycles. The molecule has 0 radical (unpaired) electrons. The first kappa shape index (κ1) is 28.1. The number of hydrogen-bond donors (Lipinski definition) is 2. The van der Waals surface area contributed by atoms with Crippen LogP contribution in [0.5, 0.6) is 0 Å². The van der Waals surface area contributed by atoms with E-state index in [1.54, 1.807) is 7.11 Å².